The van der Waals surface area contributed by atoms with Crippen LogP contribution in [0.2, 0.25) is 0 Å². The maximum atomic E-state index is 13.5. The van der Waals surface area contributed by atoms with E-state index in [9.17, 15) is 8.78 Å². The molecule has 2 N–H and O–H groups in total. The predicted octanol–water partition coefficient (Wildman–Crippen LogP) is 2.87. The average Bonchev–Trinajstić information content (AvgIpc) is 2.25. The van der Waals surface area contributed by atoms with Crippen molar-refractivity contribution >= 4 is 0 Å². The number of methoxy groups -OCH3 is 1. The smallest absolute Gasteiger partial charge is 0.274 e. The molecule has 4 heteroatoms. The van der Waals surface area contributed by atoms with Gasteiger partial charge >= 0.3 is 0 Å². The minimum Gasteiger partial charge on any atom is -0.496 e. The van der Waals surface area contributed by atoms with Gasteiger partial charge in [-0.15, -0.1) is 0 Å². The lowest BCUT2D eigenvalue weighted by Crippen LogP contribution is -2.17. The third-order valence-corrected chi connectivity index (χ3v) is 2.60. The molecule has 0 aliphatic rings. The third kappa shape index (κ3) is 2.50. The molecule has 0 bridgehead atoms. The molecule has 90 valence electrons. The molecule has 2 nitrogen and oxygen atoms in total. The van der Waals surface area contributed by atoms with Crippen LogP contribution in [0.5, 0.6) is 5.75 Å². The zero-order valence-corrected chi connectivity index (χ0v) is 9.76. The van der Waals surface area contributed by atoms with Crippen LogP contribution in [0.1, 0.15) is 30.9 Å². The lowest BCUT2D eigenvalue weighted by atomic mass is 9.92. The van der Waals surface area contributed by atoms with E-state index in [2.05, 4.69) is 0 Å². The van der Waals surface area contributed by atoms with Crippen molar-refractivity contribution in [2.45, 2.75) is 25.7 Å². The van der Waals surface area contributed by atoms with Gasteiger partial charge in [-0.2, -0.15) is 0 Å². The van der Waals surface area contributed by atoms with Gasteiger partial charge in [-0.1, -0.05) is 19.1 Å². The highest BCUT2D eigenvalue weighted by atomic mass is 19.3. The van der Waals surface area contributed by atoms with Crippen LogP contribution in [0, 0.1) is 0 Å². The third-order valence-electron chi connectivity index (χ3n) is 2.60. The Morgan fingerprint density at radius 3 is 2.50 bits per heavy atom. The van der Waals surface area contributed by atoms with Crippen molar-refractivity contribution in [2.24, 2.45) is 5.73 Å². The summed E-state index contributed by atoms with van der Waals surface area (Å²) in [5.74, 6) is -2.83. The Morgan fingerprint density at radius 2 is 2.06 bits per heavy atom. The largest absolute Gasteiger partial charge is 0.496 e. The molecule has 0 saturated heterocycles. The van der Waals surface area contributed by atoms with E-state index in [4.69, 9.17) is 10.5 Å². The van der Waals surface area contributed by atoms with Crippen LogP contribution >= 0.6 is 0 Å². The summed E-state index contributed by atoms with van der Waals surface area (Å²) in [5.41, 5.74) is 6.01. The Morgan fingerprint density at radius 1 is 1.44 bits per heavy atom. The Hall–Kier alpha value is -1.16. The molecule has 0 aliphatic carbocycles. The molecule has 0 radical (unpaired) electrons. The lowest BCUT2D eigenvalue weighted by Gasteiger charge is -2.22. The summed E-state index contributed by atoms with van der Waals surface area (Å²) >= 11 is 0. The summed E-state index contributed by atoms with van der Waals surface area (Å²) in [5, 5.41) is 0. The number of hydrogen-bond donors (Lipinski definition) is 1. The van der Waals surface area contributed by atoms with Gasteiger partial charge in [0.15, 0.2) is 0 Å². The molecule has 0 aromatic heterocycles. The molecule has 1 unspecified atom stereocenters. The topological polar surface area (TPSA) is 35.2 Å². The number of ether oxygens (including phenoxy) is 1. The molecule has 0 aliphatic heterocycles. The van der Waals surface area contributed by atoms with E-state index in [1.807, 2.05) is 6.92 Å². The van der Waals surface area contributed by atoms with Gasteiger partial charge in [-0.25, -0.2) is 8.78 Å². The molecule has 0 saturated carbocycles. The molecule has 1 rings (SSSR count). The molecule has 0 heterocycles. The minimum absolute atomic E-state index is 0.0598. The van der Waals surface area contributed by atoms with Gasteiger partial charge in [0.1, 0.15) is 5.75 Å². The van der Waals surface area contributed by atoms with Crippen molar-refractivity contribution in [3.63, 3.8) is 0 Å². The van der Waals surface area contributed by atoms with Gasteiger partial charge in [0.05, 0.1) is 12.7 Å². The molecule has 0 spiro atoms. The molecule has 0 fully saturated rings. The summed E-state index contributed by atoms with van der Waals surface area (Å²) in [4.78, 5) is 0. The second kappa shape index (κ2) is 4.78. The molecule has 16 heavy (non-hydrogen) atoms. The summed E-state index contributed by atoms with van der Waals surface area (Å²) in [6.07, 6.45) is 0. The van der Waals surface area contributed by atoms with Crippen molar-refractivity contribution in [1.29, 1.82) is 0 Å². The molecular weight excluding hydrogens is 212 g/mol. The Labute approximate surface area is 94.4 Å². The van der Waals surface area contributed by atoms with Crippen molar-refractivity contribution < 1.29 is 13.5 Å². The summed E-state index contributed by atoms with van der Waals surface area (Å²) in [6, 6.07) is 4.92. The van der Waals surface area contributed by atoms with Crippen molar-refractivity contribution in [3.8, 4) is 5.75 Å². The highest BCUT2D eigenvalue weighted by Gasteiger charge is 2.32. The number of nitrogens with two attached hydrogens (primary N) is 1. The van der Waals surface area contributed by atoms with Crippen molar-refractivity contribution in [1.82, 2.24) is 0 Å². The zero-order valence-electron chi connectivity index (χ0n) is 9.76. The standard InChI is InChI=1S/C12H17F2NO/c1-8(7-15)9-5-4-6-10(16-3)11(9)12(2,13)14/h4-6,8H,7,15H2,1-3H3. The SMILES string of the molecule is COc1cccc(C(C)CN)c1C(C)(F)F. The maximum absolute atomic E-state index is 13.5. The van der Waals surface area contributed by atoms with E-state index in [1.165, 1.54) is 7.11 Å². The number of hydrogen-bond acceptors (Lipinski definition) is 2. The number of benzene rings is 1. The first kappa shape index (κ1) is 12.9. The quantitative estimate of drug-likeness (QED) is 0.861. The monoisotopic (exact) mass is 229 g/mol. The summed E-state index contributed by atoms with van der Waals surface area (Å²) in [6.45, 7) is 3.03. The lowest BCUT2D eigenvalue weighted by molar-refractivity contribution is 0.0138. The average molecular weight is 229 g/mol. The molecule has 1 aromatic carbocycles. The fraction of sp³-hybridized carbons (Fsp3) is 0.500. The maximum Gasteiger partial charge on any atom is 0.274 e. The van der Waals surface area contributed by atoms with Crippen LogP contribution in [0.3, 0.4) is 0 Å². The first-order valence-corrected chi connectivity index (χ1v) is 5.17. The molecule has 1 aromatic rings. The van der Waals surface area contributed by atoms with E-state index < -0.39 is 5.92 Å². The van der Waals surface area contributed by atoms with Gasteiger partial charge < -0.3 is 10.5 Å². The van der Waals surface area contributed by atoms with Gasteiger partial charge in [0, 0.05) is 6.92 Å². The number of rotatable bonds is 4. The molecule has 1 atom stereocenters. The highest BCUT2D eigenvalue weighted by Crippen LogP contribution is 2.39. The van der Waals surface area contributed by atoms with E-state index in [-0.39, 0.29) is 17.2 Å². The number of halogens is 2. The van der Waals surface area contributed by atoms with Gasteiger partial charge in [0.25, 0.3) is 5.92 Å². The Balaban J connectivity index is 3.38. The first-order valence-electron chi connectivity index (χ1n) is 5.17. The summed E-state index contributed by atoms with van der Waals surface area (Å²) < 4.78 is 32.1. The van der Waals surface area contributed by atoms with E-state index in [0.717, 1.165) is 6.92 Å². The van der Waals surface area contributed by atoms with E-state index in [1.54, 1.807) is 18.2 Å². The van der Waals surface area contributed by atoms with Gasteiger partial charge in [-0.05, 0) is 24.1 Å². The van der Waals surface area contributed by atoms with Crippen LogP contribution in [-0.2, 0) is 5.92 Å². The van der Waals surface area contributed by atoms with Crippen LogP contribution in [0.15, 0.2) is 18.2 Å². The minimum atomic E-state index is -2.93. The molecular formula is C12H17F2NO. The molecule has 0 amide bonds. The fourth-order valence-electron chi connectivity index (χ4n) is 1.73. The van der Waals surface area contributed by atoms with Gasteiger partial charge in [0.2, 0.25) is 0 Å². The number of alkyl halides is 2. The highest BCUT2D eigenvalue weighted by molar-refractivity contribution is 5.44. The second-order valence-electron chi connectivity index (χ2n) is 3.95. The van der Waals surface area contributed by atoms with Crippen LogP contribution < -0.4 is 10.5 Å². The van der Waals surface area contributed by atoms with Gasteiger partial charge in [-0.3, -0.25) is 0 Å². The van der Waals surface area contributed by atoms with E-state index in [0.29, 0.717) is 12.1 Å². The summed E-state index contributed by atoms with van der Waals surface area (Å²) in [7, 11) is 1.39. The van der Waals surface area contributed by atoms with E-state index >= 15 is 0 Å². The fourth-order valence-corrected chi connectivity index (χ4v) is 1.73. The van der Waals surface area contributed by atoms with Crippen LogP contribution in [0.4, 0.5) is 8.78 Å². The second-order valence-corrected chi connectivity index (χ2v) is 3.95. The normalized spacial score (nSPS) is 13.6. The first-order chi connectivity index (χ1) is 7.41. The van der Waals surface area contributed by atoms with Crippen molar-refractivity contribution in [2.75, 3.05) is 13.7 Å². The predicted molar refractivity (Wildman–Crippen MR) is 60.0 cm³/mol. The Kier molecular flexibility index (Phi) is 3.86. The zero-order chi connectivity index (χ0) is 12.3. The van der Waals surface area contributed by atoms with Crippen LogP contribution in [-0.4, -0.2) is 13.7 Å². The van der Waals surface area contributed by atoms with Crippen LogP contribution in [0.25, 0.3) is 0 Å². The Bertz CT molecular complexity index is 361. The van der Waals surface area contributed by atoms with Crippen molar-refractivity contribution in [3.05, 3.63) is 29.3 Å².